The van der Waals surface area contributed by atoms with Crippen molar-refractivity contribution in [2.75, 3.05) is 53.5 Å². The van der Waals surface area contributed by atoms with E-state index < -0.39 is 12.0 Å². The second-order valence-corrected chi connectivity index (χ2v) is 8.31. The Morgan fingerprint density at radius 1 is 1.11 bits per heavy atom. The summed E-state index contributed by atoms with van der Waals surface area (Å²) in [6, 6.07) is 9.58. The lowest BCUT2D eigenvalue weighted by molar-refractivity contribution is -0.139. The second kappa shape index (κ2) is 10.6. The standard InChI is InChI=1S/C25H30N4O6/c1-4-34-24(31)21-18(16-28-11-13-29(14-12-28)23(30)20-10-7-15-35-20)27(2)25(32)26-22(21)17-8-5-6-9-19(17)33-3/h5-10,15,22H,4,11-14,16H2,1-3H3,(H,26,32)/t22-/m1/s1. The number of nitrogens with one attached hydrogen (secondary N) is 1. The van der Waals surface area contributed by atoms with Crippen molar-refractivity contribution in [3.05, 3.63) is 65.3 Å². The molecule has 35 heavy (non-hydrogen) atoms. The number of urea groups is 1. The van der Waals surface area contributed by atoms with Crippen molar-refractivity contribution >= 4 is 17.9 Å². The lowest BCUT2D eigenvalue weighted by atomic mass is 9.93. The van der Waals surface area contributed by atoms with E-state index in [4.69, 9.17) is 13.9 Å². The van der Waals surface area contributed by atoms with Gasteiger partial charge in [0.15, 0.2) is 5.76 Å². The largest absolute Gasteiger partial charge is 0.496 e. The van der Waals surface area contributed by atoms with Crippen LogP contribution in [0.25, 0.3) is 0 Å². The van der Waals surface area contributed by atoms with E-state index in [0.29, 0.717) is 61.1 Å². The van der Waals surface area contributed by atoms with Crippen molar-refractivity contribution in [1.82, 2.24) is 20.0 Å². The Balaban J connectivity index is 1.61. The van der Waals surface area contributed by atoms with Crippen LogP contribution in [0.3, 0.4) is 0 Å². The van der Waals surface area contributed by atoms with Gasteiger partial charge in [-0.2, -0.15) is 0 Å². The molecule has 1 saturated heterocycles. The number of nitrogens with zero attached hydrogens (tertiary/aromatic N) is 3. The smallest absolute Gasteiger partial charge is 0.338 e. The fourth-order valence-electron chi connectivity index (χ4n) is 4.41. The second-order valence-electron chi connectivity index (χ2n) is 8.31. The Labute approximate surface area is 204 Å². The average molecular weight is 483 g/mol. The van der Waals surface area contributed by atoms with Gasteiger partial charge in [-0.1, -0.05) is 18.2 Å². The van der Waals surface area contributed by atoms with Crippen LogP contribution in [0.1, 0.15) is 29.1 Å². The molecule has 0 unspecified atom stereocenters. The van der Waals surface area contributed by atoms with E-state index in [2.05, 4.69) is 10.2 Å². The maximum absolute atomic E-state index is 13.2. The number of furan rings is 1. The molecule has 0 bridgehead atoms. The SMILES string of the molecule is CCOC(=O)C1=C(CN2CCN(C(=O)c3ccco3)CC2)N(C)C(=O)N[C@@H]1c1ccccc1OC. The highest BCUT2D eigenvalue weighted by atomic mass is 16.5. The topological polar surface area (TPSA) is 105 Å². The number of amides is 3. The number of esters is 1. The van der Waals surface area contributed by atoms with E-state index in [9.17, 15) is 14.4 Å². The summed E-state index contributed by atoms with van der Waals surface area (Å²) < 4.78 is 16.1. The van der Waals surface area contributed by atoms with Gasteiger partial charge in [-0.25, -0.2) is 9.59 Å². The van der Waals surface area contributed by atoms with Crippen LogP contribution in [-0.2, 0) is 9.53 Å². The molecular weight excluding hydrogens is 452 g/mol. The molecule has 4 rings (SSSR count). The molecule has 1 aromatic carbocycles. The van der Waals surface area contributed by atoms with Gasteiger partial charge in [0.05, 0.1) is 31.6 Å². The summed E-state index contributed by atoms with van der Waals surface area (Å²) in [4.78, 5) is 44.0. The zero-order valence-corrected chi connectivity index (χ0v) is 20.2. The fraction of sp³-hybridized carbons (Fsp3) is 0.400. The van der Waals surface area contributed by atoms with E-state index in [1.165, 1.54) is 11.2 Å². The predicted octanol–water partition coefficient (Wildman–Crippen LogP) is 2.26. The first-order valence-electron chi connectivity index (χ1n) is 11.6. The van der Waals surface area contributed by atoms with Gasteiger partial charge in [-0.15, -0.1) is 0 Å². The number of carbonyl (C=O) groups excluding carboxylic acids is 3. The maximum Gasteiger partial charge on any atom is 0.338 e. The highest BCUT2D eigenvalue weighted by Crippen LogP contribution is 2.35. The summed E-state index contributed by atoms with van der Waals surface area (Å²) in [5.41, 5.74) is 1.60. The quantitative estimate of drug-likeness (QED) is 0.604. The summed E-state index contributed by atoms with van der Waals surface area (Å²) in [6.45, 7) is 4.49. The van der Waals surface area contributed by atoms with Crippen LogP contribution in [0.4, 0.5) is 4.79 Å². The van der Waals surface area contributed by atoms with Crippen molar-refractivity contribution in [3.63, 3.8) is 0 Å². The average Bonchev–Trinajstić information content (AvgIpc) is 3.42. The molecule has 1 atom stereocenters. The van der Waals surface area contributed by atoms with Crippen LogP contribution >= 0.6 is 0 Å². The van der Waals surface area contributed by atoms with E-state index in [-0.39, 0.29) is 18.5 Å². The first-order valence-corrected chi connectivity index (χ1v) is 11.6. The Kier molecular flexibility index (Phi) is 7.40. The number of piperazine rings is 1. The summed E-state index contributed by atoms with van der Waals surface area (Å²) in [5.74, 6) is 0.242. The minimum Gasteiger partial charge on any atom is -0.496 e. The monoisotopic (exact) mass is 482 g/mol. The number of para-hydroxylation sites is 1. The third-order valence-electron chi connectivity index (χ3n) is 6.29. The number of ether oxygens (including phenoxy) is 2. The first-order chi connectivity index (χ1) is 16.9. The van der Waals surface area contributed by atoms with Gasteiger partial charge in [-0.3, -0.25) is 14.6 Å². The maximum atomic E-state index is 13.2. The Morgan fingerprint density at radius 3 is 2.51 bits per heavy atom. The molecule has 3 heterocycles. The Hall–Kier alpha value is -3.79. The van der Waals surface area contributed by atoms with Crippen molar-refractivity contribution < 1.29 is 28.3 Å². The zero-order valence-electron chi connectivity index (χ0n) is 20.2. The first kappa shape index (κ1) is 24.3. The molecule has 2 aromatic rings. The number of hydrogen-bond acceptors (Lipinski definition) is 7. The summed E-state index contributed by atoms with van der Waals surface area (Å²) in [6.07, 6.45) is 1.48. The fourth-order valence-corrected chi connectivity index (χ4v) is 4.41. The Bertz CT molecular complexity index is 1100. The molecule has 0 spiro atoms. The van der Waals surface area contributed by atoms with Crippen molar-refractivity contribution in [2.45, 2.75) is 13.0 Å². The number of methoxy groups -OCH3 is 1. The lowest BCUT2D eigenvalue weighted by Crippen LogP contribution is -2.53. The molecule has 1 N–H and O–H groups in total. The summed E-state index contributed by atoms with van der Waals surface area (Å²) >= 11 is 0. The van der Waals surface area contributed by atoms with Crippen LogP contribution in [0.2, 0.25) is 0 Å². The zero-order chi connectivity index (χ0) is 24.9. The highest BCUT2D eigenvalue weighted by Gasteiger charge is 2.39. The summed E-state index contributed by atoms with van der Waals surface area (Å²) in [5, 5.41) is 2.92. The van der Waals surface area contributed by atoms with Crippen LogP contribution in [0.5, 0.6) is 5.75 Å². The lowest BCUT2D eigenvalue weighted by Gasteiger charge is -2.39. The molecule has 10 heteroatoms. The third kappa shape index (κ3) is 5.02. The predicted molar refractivity (Wildman–Crippen MR) is 127 cm³/mol. The normalized spacial score (nSPS) is 18.9. The number of benzene rings is 1. The molecule has 0 radical (unpaired) electrons. The minimum atomic E-state index is -0.717. The van der Waals surface area contributed by atoms with Crippen molar-refractivity contribution in [1.29, 1.82) is 0 Å². The van der Waals surface area contributed by atoms with Gasteiger partial charge in [0.25, 0.3) is 5.91 Å². The molecular formula is C25H30N4O6. The molecule has 186 valence electrons. The number of hydrogen-bond donors (Lipinski definition) is 1. The number of likely N-dealkylation sites (N-methyl/N-ethyl adjacent to an activating group) is 1. The van der Waals surface area contributed by atoms with Gasteiger partial charge < -0.3 is 24.1 Å². The van der Waals surface area contributed by atoms with Gasteiger partial charge >= 0.3 is 12.0 Å². The molecule has 1 fully saturated rings. The van der Waals surface area contributed by atoms with Crippen molar-refractivity contribution in [2.24, 2.45) is 0 Å². The summed E-state index contributed by atoms with van der Waals surface area (Å²) in [7, 11) is 3.19. The van der Waals surface area contributed by atoms with Crippen molar-refractivity contribution in [3.8, 4) is 5.75 Å². The highest BCUT2D eigenvalue weighted by molar-refractivity contribution is 5.95. The molecule has 0 saturated carbocycles. The van der Waals surface area contributed by atoms with Gasteiger partial charge in [0, 0.05) is 51.0 Å². The van der Waals surface area contributed by atoms with Crippen LogP contribution < -0.4 is 10.1 Å². The minimum absolute atomic E-state index is 0.147. The molecule has 2 aliphatic heterocycles. The molecule has 0 aliphatic carbocycles. The van der Waals surface area contributed by atoms with E-state index in [0.717, 1.165) is 0 Å². The van der Waals surface area contributed by atoms with E-state index >= 15 is 0 Å². The van der Waals surface area contributed by atoms with Crippen LogP contribution in [0.15, 0.2) is 58.3 Å². The number of carbonyl (C=O) groups is 3. The van der Waals surface area contributed by atoms with Gasteiger partial charge in [0.2, 0.25) is 0 Å². The molecule has 10 nitrogen and oxygen atoms in total. The third-order valence-corrected chi connectivity index (χ3v) is 6.29. The molecule has 3 amide bonds. The van der Waals surface area contributed by atoms with E-state index in [1.807, 2.05) is 18.2 Å². The van der Waals surface area contributed by atoms with E-state index in [1.54, 1.807) is 44.2 Å². The van der Waals surface area contributed by atoms with Gasteiger partial charge in [-0.05, 0) is 25.1 Å². The molecule has 2 aliphatic rings. The number of rotatable bonds is 7. The molecule has 1 aromatic heterocycles. The Morgan fingerprint density at radius 2 is 1.86 bits per heavy atom. The van der Waals surface area contributed by atoms with Crippen LogP contribution in [0, 0.1) is 0 Å². The van der Waals surface area contributed by atoms with Gasteiger partial charge in [0.1, 0.15) is 5.75 Å². The van der Waals surface area contributed by atoms with Crippen LogP contribution in [-0.4, -0.2) is 86.1 Å².